The number of rotatable bonds is 8. The Morgan fingerprint density at radius 1 is 0.951 bits per heavy atom. The molecule has 2 saturated carbocycles. The third-order valence-corrected chi connectivity index (χ3v) is 9.05. The van der Waals surface area contributed by atoms with Crippen LogP contribution in [0.1, 0.15) is 64.2 Å². The van der Waals surface area contributed by atoms with Crippen LogP contribution in [0.25, 0.3) is 4.85 Å². The molecule has 2 aliphatic heterocycles. The van der Waals surface area contributed by atoms with E-state index in [4.69, 9.17) is 27.0 Å². The molecule has 3 unspecified atom stereocenters. The normalized spacial score (nSPS) is 29.1. The van der Waals surface area contributed by atoms with Crippen molar-refractivity contribution < 1.29 is 39.6 Å². The highest BCUT2D eigenvalue weighted by molar-refractivity contribution is 5.83. The first-order chi connectivity index (χ1) is 19.4. The highest BCUT2D eigenvalue weighted by Crippen LogP contribution is 2.48. The zero-order valence-corrected chi connectivity index (χ0v) is 24.1. The SMILES string of the molecule is O=C(O)C(O)C(O)C(=O)O.[C-]#[N+][C@@H]1CCCN1C(=O)CNC1(CC2CCCCC2)C[C@H]2CN(C(=O)N(C)C)C[C@H]2C1. The topological polar surface area (TPSA) is 175 Å². The van der Waals surface area contributed by atoms with E-state index in [1.54, 1.807) is 9.80 Å². The van der Waals surface area contributed by atoms with Crippen LogP contribution in [0.4, 0.5) is 4.79 Å². The minimum atomic E-state index is -2.27. The van der Waals surface area contributed by atoms with Gasteiger partial charge in [-0.25, -0.2) is 21.0 Å². The highest BCUT2D eigenvalue weighted by Gasteiger charge is 2.51. The van der Waals surface area contributed by atoms with Crippen molar-refractivity contribution >= 4 is 23.9 Å². The Kier molecular flexibility index (Phi) is 11.3. The zero-order chi connectivity index (χ0) is 30.3. The minimum absolute atomic E-state index is 0.00752. The number of hydrogen-bond donors (Lipinski definition) is 5. The molecule has 41 heavy (non-hydrogen) atoms. The molecule has 0 bridgehead atoms. The summed E-state index contributed by atoms with van der Waals surface area (Å²) in [7, 11) is 3.65. The molecule has 0 spiro atoms. The zero-order valence-electron chi connectivity index (χ0n) is 24.1. The third kappa shape index (κ3) is 8.30. The van der Waals surface area contributed by atoms with Crippen LogP contribution < -0.4 is 5.32 Å². The Labute approximate surface area is 241 Å². The number of carboxylic acid groups (broad SMARTS) is 2. The molecule has 13 heteroatoms. The van der Waals surface area contributed by atoms with Crippen molar-refractivity contribution in [2.75, 3.05) is 40.3 Å². The number of urea groups is 1. The minimum Gasteiger partial charge on any atom is -0.479 e. The maximum absolute atomic E-state index is 12.9. The van der Waals surface area contributed by atoms with Gasteiger partial charge in [-0.3, -0.25) is 14.5 Å². The summed E-state index contributed by atoms with van der Waals surface area (Å²) < 4.78 is 0. The van der Waals surface area contributed by atoms with Crippen molar-refractivity contribution in [2.45, 2.75) is 88.1 Å². The van der Waals surface area contributed by atoms with Crippen molar-refractivity contribution in [2.24, 2.45) is 17.8 Å². The van der Waals surface area contributed by atoms with Gasteiger partial charge in [0, 0.05) is 45.7 Å². The first-order valence-corrected chi connectivity index (χ1v) is 14.6. The van der Waals surface area contributed by atoms with E-state index >= 15 is 0 Å². The fourth-order valence-electron chi connectivity index (χ4n) is 7.06. The van der Waals surface area contributed by atoms with Gasteiger partial charge in [-0.15, -0.1) is 0 Å². The highest BCUT2D eigenvalue weighted by atomic mass is 16.4. The second-order valence-electron chi connectivity index (χ2n) is 12.3. The number of carbonyl (C=O) groups is 4. The van der Waals surface area contributed by atoms with Crippen LogP contribution in [0.15, 0.2) is 0 Å². The van der Waals surface area contributed by atoms with E-state index in [2.05, 4.69) is 10.2 Å². The lowest BCUT2D eigenvalue weighted by molar-refractivity contribution is -0.165. The molecule has 2 aliphatic carbocycles. The summed E-state index contributed by atoms with van der Waals surface area (Å²) in [6.45, 7) is 10.1. The van der Waals surface area contributed by atoms with Gasteiger partial charge in [0.05, 0.1) is 6.54 Å². The van der Waals surface area contributed by atoms with E-state index < -0.39 is 24.1 Å². The van der Waals surface area contributed by atoms with Crippen LogP contribution >= 0.6 is 0 Å². The predicted octanol–water partition coefficient (Wildman–Crippen LogP) is 1.05. The van der Waals surface area contributed by atoms with E-state index in [9.17, 15) is 19.2 Å². The number of nitrogens with one attached hydrogen (secondary N) is 1. The summed E-state index contributed by atoms with van der Waals surface area (Å²) in [5.41, 5.74) is 0.00752. The molecule has 0 radical (unpaired) electrons. The molecule has 6 atom stereocenters. The van der Waals surface area contributed by atoms with Gasteiger partial charge in [-0.1, -0.05) is 32.1 Å². The van der Waals surface area contributed by atoms with Crippen LogP contribution in [0.2, 0.25) is 0 Å². The van der Waals surface area contributed by atoms with Gasteiger partial charge in [0.1, 0.15) is 0 Å². The molecule has 2 saturated heterocycles. The van der Waals surface area contributed by atoms with E-state index in [1.807, 2.05) is 19.0 Å². The smallest absolute Gasteiger partial charge is 0.335 e. The molecule has 0 aromatic rings. The summed E-state index contributed by atoms with van der Waals surface area (Å²) in [4.78, 5) is 54.0. The maximum Gasteiger partial charge on any atom is 0.335 e. The molecule has 4 fully saturated rings. The second kappa shape index (κ2) is 14.3. The standard InChI is InChI=1S/C24H39N5O2.C4H6O6/c1-25-21-10-7-11-29(21)22(30)15-26-24(12-18-8-5-4-6-9-18)13-19-16-28(17-20(19)14-24)23(31)27(2)3;5-1(3(7)8)2(6)4(9)10/h18-21,26H,4-17H2,2-3H3;1-2,5-6H,(H,7,8)(H,9,10)/t19-,20+,21-,24?;/m0./s1. The fourth-order valence-corrected chi connectivity index (χ4v) is 7.06. The van der Waals surface area contributed by atoms with Crippen LogP contribution in [-0.4, -0.2) is 123 Å². The van der Waals surface area contributed by atoms with Gasteiger partial charge in [0.25, 0.3) is 0 Å². The number of carboxylic acids is 2. The lowest BCUT2D eigenvalue weighted by Crippen LogP contribution is -2.51. The molecule has 230 valence electrons. The molecule has 4 aliphatic rings. The Morgan fingerprint density at radius 3 is 2.00 bits per heavy atom. The number of carbonyl (C=O) groups excluding carboxylic acids is 2. The average molecular weight is 580 g/mol. The van der Waals surface area contributed by atoms with Crippen molar-refractivity contribution in [1.82, 2.24) is 20.0 Å². The van der Waals surface area contributed by atoms with Crippen molar-refractivity contribution in [3.8, 4) is 0 Å². The van der Waals surface area contributed by atoms with Crippen LogP contribution in [0, 0.1) is 24.3 Å². The van der Waals surface area contributed by atoms with Crippen molar-refractivity contribution in [3.63, 3.8) is 0 Å². The Hall–Kier alpha value is -2.95. The van der Waals surface area contributed by atoms with Gasteiger partial charge in [-0.05, 0) is 43.4 Å². The quantitative estimate of drug-likeness (QED) is 0.263. The molecule has 4 rings (SSSR count). The third-order valence-electron chi connectivity index (χ3n) is 9.05. The van der Waals surface area contributed by atoms with Crippen LogP contribution in [0.5, 0.6) is 0 Å². The van der Waals surface area contributed by atoms with E-state index in [0.29, 0.717) is 18.4 Å². The van der Waals surface area contributed by atoms with Gasteiger partial charge in [0.2, 0.25) is 5.91 Å². The summed E-state index contributed by atoms with van der Waals surface area (Å²) in [5, 5.41) is 36.3. The van der Waals surface area contributed by atoms with Gasteiger partial charge in [0.15, 0.2) is 12.2 Å². The number of fused-ring (bicyclic) bond motifs is 1. The van der Waals surface area contributed by atoms with Gasteiger partial charge in [-0.2, -0.15) is 0 Å². The summed E-state index contributed by atoms with van der Waals surface area (Å²) in [5.74, 6) is -1.65. The number of aliphatic hydroxyl groups excluding tert-OH is 2. The molecule has 2 heterocycles. The second-order valence-corrected chi connectivity index (χ2v) is 12.3. The predicted molar refractivity (Wildman–Crippen MR) is 147 cm³/mol. The number of likely N-dealkylation sites (tertiary alicyclic amines) is 2. The molecule has 3 amide bonds. The van der Waals surface area contributed by atoms with Gasteiger partial charge >= 0.3 is 24.1 Å². The number of hydrogen-bond acceptors (Lipinski definition) is 7. The first kappa shape index (κ1) is 32.6. The van der Waals surface area contributed by atoms with Crippen molar-refractivity contribution in [1.29, 1.82) is 0 Å². The Morgan fingerprint density at radius 2 is 1.51 bits per heavy atom. The van der Waals surface area contributed by atoms with Crippen LogP contribution in [-0.2, 0) is 14.4 Å². The fraction of sp³-hybridized carbons (Fsp3) is 0.821. The monoisotopic (exact) mass is 579 g/mol. The molecule has 0 aromatic carbocycles. The average Bonchev–Trinajstić information content (AvgIpc) is 3.65. The van der Waals surface area contributed by atoms with E-state index in [-0.39, 0.29) is 23.6 Å². The molecular weight excluding hydrogens is 534 g/mol. The Bertz CT molecular complexity index is 962. The molecule has 5 N–H and O–H groups in total. The molecule has 0 aromatic heterocycles. The number of aliphatic carboxylic acids is 2. The van der Waals surface area contributed by atoms with E-state index in [1.165, 1.54) is 32.1 Å². The number of aliphatic hydroxyl groups is 2. The summed E-state index contributed by atoms with van der Waals surface area (Å²) in [6, 6.07) is 0.120. The largest absolute Gasteiger partial charge is 0.479 e. The number of nitrogens with zero attached hydrogens (tertiary/aromatic N) is 4. The van der Waals surface area contributed by atoms with Crippen LogP contribution in [0.3, 0.4) is 0 Å². The maximum atomic E-state index is 12.9. The van der Waals surface area contributed by atoms with E-state index in [0.717, 1.165) is 57.7 Å². The van der Waals surface area contributed by atoms with Crippen molar-refractivity contribution in [3.05, 3.63) is 11.4 Å². The Balaban J connectivity index is 0.000000397. The molecular formula is C28H45N5O8. The lowest BCUT2D eigenvalue weighted by Gasteiger charge is -2.37. The lowest BCUT2D eigenvalue weighted by atomic mass is 9.77. The number of amides is 3. The van der Waals surface area contributed by atoms with Gasteiger partial charge < -0.3 is 35.5 Å². The molecule has 13 nitrogen and oxygen atoms in total. The first-order valence-electron chi connectivity index (χ1n) is 14.6. The summed E-state index contributed by atoms with van der Waals surface area (Å²) in [6.07, 6.45) is 6.86. The summed E-state index contributed by atoms with van der Waals surface area (Å²) >= 11 is 0.